The highest BCUT2D eigenvalue weighted by Gasteiger charge is 2.15. The van der Waals surface area contributed by atoms with Gasteiger partial charge in [0, 0.05) is 6.20 Å². The van der Waals surface area contributed by atoms with Crippen molar-refractivity contribution in [3.8, 4) is 0 Å². The SMILES string of the molecule is Cc1ccc(C(C)NC(=O)c2cnn(CCC(=O)O)c2)c(C)c1. The summed E-state index contributed by atoms with van der Waals surface area (Å²) in [6.45, 7) is 6.24. The molecule has 0 saturated carbocycles. The fourth-order valence-electron chi connectivity index (χ4n) is 2.48. The molecule has 0 aliphatic carbocycles. The third-order valence-electron chi connectivity index (χ3n) is 3.69. The fourth-order valence-corrected chi connectivity index (χ4v) is 2.48. The molecule has 0 aliphatic rings. The first-order chi connectivity index (χ1) is 10.9. The molecule has 2 rings (SSSR count). The number of carboxylic acid groups (broad SMARTS) is 1. The summed E-state index contributed by atoms with van der Waals surface area (Å²) in [6.07, 6.45) is 2.99. The maximum Gasteiger partial charge on any atom is 0.305 e. The van der Waals surface area contributed by atoms with E-state index in [1.54, 1.807) is 6.20 Å². The Morgan fingerprint density at radius 1 is 1.35 bits per heavy atom. The Kier molecular flexibility index (Phi) is 5.16. The first kappa shape index (κ1) is 16.7. The van der Waals surface area contributed by atoms with Crippen molar-refractivity contribution in [1.29, 1.82) is 0 Å². The molecular weight excluding hydrogens is 294 g/mol. The van der Waals surface area contributed by atoms with Gasteiger partial charge in [0.05, 0.1) is 30.8 Å². The van der Waals surface area contributed by atoms with Gasteiger partial charge in [-0.3, -0.25) is 14.3 Å². The largest absolute Gasteiger partial charge is 0.481 e. The number of hydrogen-bond acceptors (Lipinski definition) is 3. The third-order valence-corrected chi connectivity index (χ3v) is 3.69. The molecule has 6 heteroatoms. The van der Waals surface area contributed by atoms with Gasteiger partial charge in [0.1, 0.15) is 0 Å². The maximum atomic E-state index is 12.3. The number of amides is 1. The first-order valence-corrected chi connectivity index (χ1v) is 7.49. The minimum absolute atomic E-state index is 0.0261. The Morgan fingerprint density at radius 2 is 2.09 bits per heavy atom. The molecule has 1 amide bonds. The molecule has 1 unspecified atom stereocenters. The number of nitrogens with one attached hydrogen (secondary N) is 1. The lowest BCUT2D eigenvalue weighted by atomic mass is 10.00. The zero-order valence-electron chi connectivity index (χ0n) is 13.5. The van der Waals surface area contributed by atoms with E-state index < -0.39 is 5.97 Å². The Morgan fingerprint density at radius 3 is 2.74 bits per heavy atom. The molecule has 1 atom stereocenters. The van der Waals surface area contributed by atoms with Crippen molar-refractivity contribution in [2.75, 3.05) is 0 Å². The second kappa shape index (κ2) is 7.09. The molecule has 0 fully saturated rings. The van der Waals surface area contributed by atoms with Gasteiger partial charge in [-0.05, 0) is 31.9 Å². The first-order valence-electron chi connectivity index (χ1n) is 7.49. The maximum absolute atomic E-state index is 12.3. The number of aryl methyl sites for hydroxylation is 3. The van der Waals surface area contributed by atoms with Gasteiger partial charge in [-0.15, -0.1) is 0 Å². The van der Waals surface area contributed by atoms with Crippen LogP contribution in [0.5, 0.6) is 0 Å². The number of nitrogens with zero attached hydrogens (tertiary/aromatic N) is 2. The van der Waals surface area contributed by atoms with Gasteiger partial charge >= 0.3 is 5.97 Å². The highest BCUT2D eigenvalue weighted by molar-refractivity contribution is 5.93. The van der Waals surface area contributed by atoms with Crippen LogP contribution in [0.3, 0.4) is 0 Å². The summed E-state index contributed by atoms with van der Waals surface area (Å²) >= 11 is 0. The number of benzene rings is 1. The number of rotatable bonds is 6. The van der Waals surface area contributed by atoms with Gasteiger partial charge in [0.25, 0.3) is 5.91 Å². The fraction of sp³-hybridized carbons (Fsp3) is 0.353. The average Bonchev–Trinajstić information content (AvgIpc) is 2.93. The normalized spacial score (nSPS) is 12.0. The Hall–Kier alpha value is -2.63. The molecule has 122 valence electrons. The van der Waals surface area contributed by atoms with E-state index in [-0.39, 0.29) is 24.9 Å². The molecular formula is C17H21N3O3. The van der Waals surface area contributed by atoms with Crippen LogP contribution in [0.1, 0.15) is 46.4 Å². The lowest BCUT2D eigenvalue weighted by Crippen LogP contribution is -2.26. The van der Waals surface area contributed by atoms with Crippen LogP contribution >= 0.6 is 0 Å². The molecule has 1 heterocycles. The van der Waals surface area contributed by atoms with E-state index in [9.17, 15) is 9.59 Å². The molecule has 2 N–H and O–H groups in total. The third kappa shape index (κ3) is 4.42. The zero-order chi connectivity index (χ0) is 17.0. The quantitative estimate of drug-likeness (QED) is 0.857. The monoisotopic (exact) mass is 315 g/mol. The van der Waals surface area contributed by atoms with Crippen molar-refractivity contribution in [1.82, 2.24) is 15.1 Å². The second-order valence-electron chi connectivity index (χ2n) is 5.69. The van der Waals surface area contributed by atoms with Crippen LogP contribution in [0.25, 0.3) is 0 Å². The van der Waals surface area contributed by atoms with E-state index >= 15 is 0 Å². The number of hydrogen-bond donors (Lipinski definition) is 2. The van der Waals surface area contributed by atoms with Crippen molar-refractivity contribution >= 4 is 11.9 Å². The van der Waals surface area contributed by atoms with E-state index in [1.165, 1.54) is 16.4 Å². The van der Waals surface area contributed by atoms with Crippen molar-refractivity contribution < 1.29 is 14.7 Å². The Balaban J connectivity index is 2.02. The Bertz CT molecular complexity index is 722. The van der Waals surface area contributed by atoms with Crippen LogP contribution in [0.4, 0.5) is 0 Å². The number of aliphatic carboxylic acids is 1. The number of carbonyl (C=O) groups is 2. The molecule has 1 aromatic carbocycles. The molecule has 2 aromatic rings. The summed E-state index contributed by atoms with van der Waals surface area (Å²) in [5.74, 6) is -1.12. The molecule has 1 aromatic heterocycles. The van der Waals surface area contributed by atoms with Gasteiger partial charge in [-0.1, -0.05) is 23.8 Å². The van der Waals surface area contributed by atoms with E-state index in [2.05, 4.69) is 16.5 Å². The second-order valence-corrected chi connectivity index (χ2v) is 5.69. The van der Waals surface area contributed by atoms with Crippen molar-refractivity contribution in [2.45, 2.75) is 39.8 Å². The van der Waals surface area contributed by atoms with Gasteiger partial charge in [-0.25, -0.2) is 0 Å². The predicted molar refractivity (Wildman–Crippen MR) is 86.3 cm³/mol. The topological polar surface area (TPSA) is 84.2 Å². The molecule has 0 aliphatic heterocycles. The summed E-state index contributed by atoms with van der Waals surface area (Å²) in [5, 5.41) is 15.6. The summed E-state index contributed by atoms with van der Waals surface area (Å²) in [4.78, 5) is 22.8. The molecule has 23 heavy (non-hydrogen) atoms. The molecule has 0 spiro atoms. The molecule has 0 radical (unpaired) electrons. The molecule has 0 bridgehead atoms. The summed E-state index contributed by atoms with van der Waals surface area (Å²) < 4.78 is 1.46. The predicted octanol–water partition coefficient (Wildman–Crippen LogP) is 2.47. The van der Waals surface area contributed by atoms with Gasteiger partial charge in [0.15, 0.2) is 0 Å². The Labute approximate surface area is 135 Å². The number of aromatic nitrogens is 2. The minimum atomic E-state index is -0.894. The van der Waals surface area contributed by atoms with Gasteiger partial charge in [-0.2, -0.15) is 5.10 Å². The van der Waals surface area contributed by atoms with Crippen molar-refractivity contribution in [3.63, 3.8) is 0 Å². The highest BCUT2D eigenvalue weighted by atomic mass is 16.4. The average molecular weight is 315 g/mol. The lowest BCUT2D eigenvalue weighted by molar-refractivity contribution is -0.137. The van der Waals surface area contributed by atoms with Gasteiger partial charge < -0.3 is 10.4 Å². The number of carbonyl (C=O) groups excluding carboxylic acids is 1. The van der Waals surface area contributed by atoms with Crippen LogP contribution in [0, 0.1) is 13.8 Å². The van der Waals surface area contributed by atoms with Gasteiger partial charge in [0.2, 0.25) is 0 Å². The number of carboxylic acids is 1. The molecule has 6 nitrogen and oxygen atoms in total. The van der Waals surface area contributed by atoms with Crippen LogP contribution < -0.4 is 5.32 Å². The minimum Gasteiger partial charge on any atom is -0.481 e. The standard InChI is InChI=1S/C17H21N3O3/c1-11-4-5-15(12(2)8-11)13(3)19-17(23)14-9-18-20(10-14)7-6-16(21)22/h4-5,8-10,13H,6-7H2,1-3H3,(H,19,23)(H,21,22). The van der Waals surface area contributed by atoms with E-state index in [1.807, 2.05) is 32.9 Å². The smallest absolute Gasteiger partial charge is 0.305 e. The van der Waals surface area contributed by atoms with Crippen LogP contribution in [-0.4, -0.2) is 26.8 Å². The van der Waals surface area contributed by atoms with E-state index in [0.717, 1.165) is 11.1 Å². The van der Waals surface area contributed by atoms with Crippen LogP contribution in [-0.2, 0) is 11.3 Å². The highest BCUT2D eigenvalue weighted by Crippen LogP contribution is 2.19. The van der Waals surface area contributed by atoms with Crippen LogP contribution in [0.2, 0.25) is 0 Å². The van der Waals surface area contributed by atoms with Crippen molar-refractivity contribution in [2.24, 2.45) is 0 Å². The van der Waals surface area contributed by atoms with E-state index in [4.69, 9.17) is 5.11 Å². The van der Waals surface area contributed by atoms with Crippen LogP contribution in [0.15, 0.2) is 30.6 Å². The molecule has 0 saturated heterocycles. The lowest BCUT2D eigenvalue weighted by Gasteiger charge is -2.16. The van der Waals surface area contributed by atoms with E-state index in [0.29, 0.717) is 5.56 Å². The summed E-state index contributed by atoms with van der Waals surface area (Å²) in [5.41, 5.74) is 3.81. The summed E-state index contributed by atoms with van der Waals surface area (Å²) in [7, 11) is 0. The van der Waals surface area contributed by atoms with Crippen molar-refractivity contribution in [3.05, 3.63) is 52.8 Å². The summed E-state index contributed by atoms with van der Waals surface area (Å²) in [6, 6.07) is 6.01. The zero-order valence-corrected chi connectivity index (χ0v) is 13.5.